The molecule has 0 saturated carbocycles. The predicted molar refractivity (Wildman–Crippen MR) is 112 cm³/mol. The van der Waals surface area contributed by atoms with E-state index in [9.17, 15) is 9.59 Å². The van der Waals surface area contributed by atoms with E-state index in [1.54, 1.807) is 12.3 Å². The van der Waals surface area contributed by atoms with Crippen LogP contribution in [-0.2, 0) is 11.3 Å². The van der Waals surface area contributed by atoms with Gasteiger partial charge >= 0.3 is 0 Å². The first-order valence-electron chi connectivity index (χ1n) is 9.71. The van der Waals surface area contributed by atoms with E-state index in [0.29, 0.717) is 11.3 Å². The Hall–Kier alpha value is -2.95. The van der Waals surface area contributed by atoms with Gasteiger partial charge in [0.25, 0.3) is 5.56 Å². The molecular weight excluding hydrogens is 350 g/mol. The van der Waals surface area contributed by atoms with Crippen LogP contribution in [0, 0.1) is 5.92 Å². The zero-order valence-electron chi connectivity index (χ0n) is 16.8. The monoisotopic (exact) mass is 377 g/mol. The van der Waals surface area contributed by atoms with Crippen molar-refractivity contribution >= 4 is 16.7 Å². The Balaban J connectivity index is 1.78. The number of nitrogens with one attached hydrogen (secondary N) is 1. The molecule has 1 heterocycles. The summed E-state index contributed by atoms with van der Waals surface area (Å²) < 4.78 is 1.22. The molecule has 28 heavy (non-hydrogen) atoms. The Morgan fingerprint density at radius 2 is 1.64 bits per heavy atom. The quantitative estimate of drug-likeness (QED) is 0.705. The lowest BCUT2D eigenvalue weighted by molar-refractivity contribution is -0.123. The van der Waals surface area contributed by atoms with Crippen molar-refractivity contribution in [3.63, 3.8) is 0 Å². The van der Waals surface area contributed by atoms with Crippen LogP contribution in [0.2, 0.25) is 0 Å². The van der Waals surface area contributed by atoms with Crippen LogP contribution >= 0.6 is 0 Å². The fourth-order valence-corrected chi connectivity index (χ4v) is 3.32. The Morgan fingerprint density at radius 3 is 2.29 bits per heavy atom. The number of hydrogen-bond donors (Lipinski definition) is 1. The van der Waals surface area contributed by atoms with E-state index in [4.69, 9.17) is 0 Å². The molecule has 0 radical (unpaired) electrons. The molecule has 1 N–H and O–H groups in total. The van der Waals surface area contributed by atoms with Gasteiger partial charge in [0.2, 0.25) is 5.91 Å². The standard InChI is InChI=1S/C23H27N3O2/c1-15(2)17-9-11-18(12-10-17)22(16(3)4)25-21(27)14-26-23(28)20-8-6-5-7-19(20)13-24-26/h5-13,15-16,22H,14H2,1-4H3,(H,25,27)/t22-/m1/s1. The average Bonchev–Trinajstić information content (AvgIpc) is 2.68. The van der Waals surface area contributed by atoms with Gasteiger partial charge in [-0.05, 0) is 29.0 Å². The van der Waals surface area contributed by atoms with E-state index in [1.807, 2.05) is 18.2 Å². The maximum Gasteiger partial charge on any atom is 0.275 e. The zero-order valence-corrected chi connectivity index (χ0v) is 16.8. The highest BCUT2D eigenvalue weighted by Gasteiger charge is 2.19. The minimum atomic E-state index is -0.254. The maximum absolute atomic E-state index is 12.7. The van der Waals surface area contributed by atoms with Gasteiger partial charge in [0, 0.05) is 5.39 Å². The molecule has 0 saturated heterocycles. The molecule has 1 aromatic heterocycles. The van der Waals surface area contributed by atoms with Crippen LogP contribution in [0.25, 0.3) is 10.8 Å². The lowest BCUT2D eigenvalue weighted by Crippen LogP contribution is -2.37. The average molecular weight is 377 g/mol. The zero-order chi connectivity index (χ0) is 20.3. The first-order valence-corrected chi connectivity index (χ1v) is 9.71. The summed E-state index contributed by atoms with van der Waals surface area (Å²) in [6.45, 7) is 8.36. The summed E-state index contributed by atoms with van der Waals surface area (Å²) in [6, 6.07) is 15.5. The van der Waals surface area contributed by atoms with Crippen LogP contribution in [0.15, 0.2) is 59.5 Å². The molecule has 5 nitrogen and oxygen atoms in total. The summed E-state index contributed by atoms with van der Waals surface area (Å²) in [5.74, 6) is 0.457. The van der Waals surface area contributed by atoms with Gasteiger partial charge in [0.15, 0.2) is 0 Å². The summed E-state index contributed by atoms with van der Waals surface area (Å²) in [4.78, 5) is 25.2. The van der Waals surface area contributed by atoms with Gasteiger partial charge in [0.05, 0.1) is 17.6 Å². The highest BCUT2D eigenvalue weighted by molar-refractivity contribution is 5.81. The van der Waals surface area contributed by atoms with Gasteiger partial charge in [0.1, 0.15) is 6.54 Å². The third-order valence-electron chi connectivity index (χ3n) is 5.00. The molecule has 0 aliphatic heterocycles. The number of hydrogen-bond acceptors (Lipinski definition) is 3. The number of benzene rings is 2. The molecule has 3 rings (SSSR count). The van der Waals surface area contributed by atoms with Crippen molar-refractivity contribution < 1.29 is 4.79 Å². The lowest BCUT2D eigenvalue weighted by atomic mass is 9.93. The van der Waals surface area contributed by atoms with Crippen molar-refractivity contribution in [2.24, 2.45) is 5.92 Å². The number of aromatic nitrogens is 2. The Labute approximate surface area is 165 Å². The highest BCUT2D eigenvalue weighted by atomic mass is 16.2. The first kappa shape index (κ1) is 19.8. The van der Waals surface area contributed by atoms with Crippen molar-refractivity contribution in [1.29, 1.82) is 0 Å². The summed E-state index contributed by atoms with van der Waals surface area (Å²) in [7, 11) is 0. The molecule has 146 valence electrons. The highest BCUT2D eigenvalue weighted by Crippen LogP contribution is 2.24. The largest absolute Gasteiger partial charge is 0.347 e. The molecule has 0 fully saturated rings. The number of amides is 1. The van der Waals surface area contributed by atoms with Crippen LogP contribution in [0.3, 0.4) is 0 Å². The van der Waals surface area contributed by atoms with Gasteiger partial charge in [-0.15, -0.1) is 0 Å². The summed E-state index contributed by atoms with van der Waals surface area (Å²) in [6.07, 6.45) is 1.62. The Morgan fingerprint density at radius 1 is 1.00 bits per heavy atom. The van der Waals surface area contributed by atoms with Crippen LogP contribution < -0.4 is 10.9 Å². The molecule has 0 aliphatic rings. The SMILES string of the molecule is CC(C)c1ccc([C@H](NC(=O)Cn2ncc3ccccc3c2=O)C(C)C)cc1. The summed E-state index contributed by atoms with van der Waals surface area (Å²) >= 11 is 0. The minimum Gasteiger partial charge on any atom is -0.347 e. The molecule has 2 aromatic carbocycles. The second-order valence-corrected chi connectivity index (χ2v) is 7.81. The molecule has 0 spiro atoms. The number of nitrogens with zero attached hydrogens (tertiary/aromatic N) is 2. The van der Waals surface area contributed by atoms with Crippen LogP contribution in [-0.4, -0.2) is 15.7 Å². The van der Waals surface area contributed by atoms with Crippen molar-refractivity contribution in [1.82, 2.24) is 15.1 Å². The van der Waals surface area contributed by atoms with Gasteiger partial charge in [-0.1, -0.05) is 70.2 Å². The maximum atomic E-state index is 12.7. The number of carbonyl (C=O) groups excluding carboxylic acids is 1. The molecule has 1 amide bonds. The minimum absolute atomic E-state index is 0.100. The molecule has 0 aliphatic carbocycles. The number of carbonyl (C=O) groups is 1. The number of fused-ring (bicyclic) bond motifs is 1. The van der Waals surface area contributed by atoms with E-state index in [2.05, 4.69) is 62.4 Å². The smallest absolute Gasteiger partial charge is 0.275 e. The Bertz CT molecular complexity index is 1020. The van der Waals surface area contributed by atoms with Gasteiger partial charge < -0.3 is 5.32 Å². The van der Waals surface area contributed by atoms with Crippen LogP contribution in [0.1, 0.15) is 50.8 Å². The summed E-state index contributed by atoms with van der Waals surface area (Å²) in [5, 5.41) is 8.55. The third kappa shape index (κ3) is 4.30. The van der Waals surface area contributed by atoms with Gasteiger partial charge in [-0.2, -0.15) is 5.10 Å². The van der Waals surface area contributed by atoms with E-state index >= 15 is 0 Å². The third-order valence-corrected chi connectivity index (χ3v) is 5.00. The topological polar surface area (TPSA) is 64.0 Å². The van der Waals surface area contributed by atoms with E-state index < -0.39 is 0 Å². The summed E-state index contributed by atoms with van der Waals surface area (Å²) in [5.41, 5.74) is 2.08. The molecule has 1 atom stereocenters. The van der Waals surface area contributed by atoms with Gasteiger partial charge in [-0.25, -0.2) is 4.68 Å². The van der Waals surface area contributed by atoms with Crippen molar-refractivity contribution in [2.45, 2.75) is 46.2 Å². The fraction of sp³-hybridized carbons (Fsp3) is 0.348. The Kier molecular flexibility index (Phi) is 5.93. The van der Waals surface area contributed by atoms with E-state index in [-0.39, 0.29) is 30.0 Å². The van der Waals surface area contributed by atoms with Crippen molar-refractivity contribution in [2.75, 3.05) is 0 Å². The van der Waals surface area contributed by atoms with E-state index in [0.717, 1.165) is 10.9 Å². The molecule has 5 heteroatoms. The predicted octanol–water partition coefficient (Wildman–Crippen LogP) is 4.03. The van der Waals surface area contributed by atoms with Crippen LogP contribution in [0.4, 0.5) is 0 Å². The normalized spacial score (nSPS) is 12.5. The lowest BCUT2D eigenvalue weighted by Gasteiger charge is -2.23. The fourth-order valence-electron chi connectivity index (χ4n) is 3.32. The van der Waals surface area contributed by atoms with E-state index in [1.165, 1.54) is 10.2 Å². The second kappa shape index (κ2) is 8.38. The number of rotatable bonds is 6. The molecule has 0 bridgehead atoms. The molecule has 0 unspecified atom stereocenters. The first-order chi connectivity index (χ1) is 13.4. The van der Waals surface area contributed by atoms with Crippen molar-refractivity contribution in [3.05, 3.63) is 76.2 Å². The van der Waals surface area contributed by atoms with Gasteiger partial charge in [-0.3, -0.25) is 9.59 Å². The second-order valence-electron chi connectivity index (χ2n) is 7.81. The molecule has 3 aromatic rings. The molecular formula is C23H27N3O2. The van der Waals surface area contributed by atoms with Crippen molar-refractivity contribution in [3.8, 4) is 0 Å². The van der Waals surface area contributed by atoms with Crippen LogP contribution in [0.5, 0.6) is 0 Å².